The Morgan fingerprint density at radius 3 is 2.42 bits per heavy atom. The highest BCUT2D eigenvalue weighted by atomic mass is 79.9. The Kier molecular flexibility index (Phi) is 6.38. The molecule has 1 atom stereocenters. The maximum Gasteiger partial charge on any atom is 0.205 e. The molecule has 4 rings (SSSR count). The van der Waals surface area contributed by atoms with Crippen LogP contribution >= 0.6 is 31.9 Å². The molecule has 2 N–H and O–H groups in total. The zero-order chi connectivity index (χ0) is 22.1. The predicted octanol–water partition coefficient (Wildman–Crippen LogP) is 6.08. The highest BCUT2D eigenvalue weighted by Gasteiger charge is 2.38. The molecule has 0 saturated carbocycles. The van der Waals surface area contributed by atoms with Crippen LogP contribution in [0.15, 0.2) is 85.8 Å². The van der Waals surface area contributed by atoms with Crippen LogP contribution in [0.1, 0.15) is 30.9 Å². The summed E-state index contributed by atoms with van der Waals surface area (Å²) in [6, 6.07) is 18.8. The molecule has 0 aliphatic carbocycles. The van der Waals surface area contributed by atoms with Gasteiger partial charge in [-0.2, -0.15) is 5.26 Å². The molecule has 0 bridgehead atoms. The van der Waals surface area contributed by atoms with E-state index in [1.807, 2.05) is 42.5 Å². The van der Waals surface area contributed by atoms with Crippen LogP contribution in [0.4, 0.5) is 0 Å². The highest BCUT2D eigenvalue weighted by molar-refractivity contribution is 9.10. The smallest absolute Gasteiger partial charge is 0.205 e. The standard InChI is InChI=1S/C25H23Br2N3O/c1-15(2)30-13-17(11-16-7-3-5-9-21(16)26)24-20(14-30)23(19(12-28)25(29)31-24)18-8-4-6-10-22(18)27/h3-11,15,23H,13-14,29H2,1-2H3/b17-11+/t23-/m0/s1. The molecule has 0 radical (unpaired) electrons. The molecular formula is C25H23Br2N3O. The minimum absolute atomic E-state index is 0.179. The van der Waals surface area contributed by atoms with Crippen LogP contribution in [0.25, 0.3) is 6.08 Å². The average Bonchev–Trinajstić information content (AvgIpc) is 2.75. The van der Waals surface area contributed by atoms with Gasteiger partial charge in [-0.05, 0) is 48.8 Å². The summed E-state index contributed by atoms with van der Waals surface area (Å²) < 4.78 is 8.10. The first-order valence-corrected chi connectivity index (χ1v) is 11.7. The number of ether oxygens (including phenoxy) is 1. The second-order valence-electron chi connectivity index (χ2n) is 7.99. The Morgan fingerprint density at radius 1 is 1.10 bits per heavy atom. The quantitative estimate of drug-likeness (QED) is 0.512. The molecule has 0 amide bonds. The monoisotopic (exact) mass is 539 g/mol. The first-order chi connectivity index (χ1) is 14.9. The highest BCUT2D eigenvalue weighted by Crippen LogP contribution is 2.45. The van der Waals surface area contributed by atoms with Crippen LogP contribution in [0, 0.1) is 11.3 Å². The number of nitrogens with two attached hydrogens (primary N) is 1. The van der Waals surface area contributed by atoms with Gasteiger partial charge in [0, 0.05) is 33.6 Å². The fourth-order valence-electron chi connectivity index (χ4n) is 4.11. The topological polar surface area (TPSA) is 62.3 Å². The number of hydrogen-bond acceptors (Lipinski definition) is 4. The van der Waals surface area contributed by atoms with E-state index in [1.54, 1.807) is 0 Å². The molecule has 6 heteroatoms. The second kappa shape index (κ2) is 9.04. The van der Waals surface area contributed by atoms with Crippen molar-refractivity contribution in [3.05, 3.63) is 97.0 Å². The number of benzene rings is 2. The first-order valence-electron chi connectivity index (χ1n) is 10.1. The Balaban J connectivity index is 1.93. The van der Waals surface area contributed by atoms with Crippen LogP contribution in [-0.2, 0) is 4.74 Å². The van der Waals surface area contributed by atoms with Gasteiger partial charge in [-0.3, -0.25) is 4.90 Å². The summed E-state index contributed by atoms with van der Waals surface area (Å²) in [5.41, 5.74) is 11.0. The van der Waals surface area contributed by atoms with Crippen molar-refractivity contribution >= 4 is 37.9 Å². The Labute approximate surface area is 199 Å². The van der Waals surface area contributed by atoms with E-state index in [4.69, 9.17) is 10.5 Å². The van der Waals surface area contributed by atoms with Gasteiger partial charge >= 0.3 is 0 Å². The van der Waals surface area contributed by atoms with Crippen LogP contribution < -0.4 is 5.73 Å². The van der Waals surface area contributed by atoms with Crippen molar-refractivity contribution < 1.29 is 4.74 Å². The number of hydrogen-bond donors (Lipinski definition) is 1. The van der Waals surface area contributed by atoms with Gasteiger partial charge in [-0.1, -0.05) is 68.3 Å². The zero-order valence-corrected chi connectivity index (χ0v) is 20.6. The van der Waals surface area contributed by atoms with Gasteiger partial charge in [0.05, 0.1) is 5.92 Å². The lowest BCUT2D eigenvalue weighted by Crippen LogP contribution is -2.41. The van der Waals surface area contributed by atoms with E-state index in [-0.39, 0.29) is 11.8 Å². The summed E-state index contributed by atoms with van der Waals surface area (Å²) >= 11 is 7.32. The summed E-state index contributed by atoms with van der Waals surface area (Å²) in [6.07, 6.45) is 2.15. The molecule has 0 unspecified atom stereocenters. The molecule has 0 fully saturated rings. The van der Waals surface area contributed by atoms with Crippen LogP contribution in [0.5, 0.6) is 0 Å². The lowest BCUT2D eigenvalue weighted by atomic mass is 9.80. The maximum absolute atomic E-state index is 9.95. The van der Waals surface area contributed by atoms with E-state index in [1.165, 1.54) is 0 Å². The molecule has 2 heterocycles. The molecule has 2 aromatic rings. The van der Waals surface area contributed by atoms with Gasteiger partial charge in [0.15, 0.2) is 0 Å². The lowest BCUT2D eigenvalue weighted by Gasteiger charge is -2.40. The fraction of sp³-hybridized carbons (Fsp3) is 0.240. The van der Waals surface area contributed by atoms with Gasteiger partial charge in [0.2, 0.25) is 5.88 Å². The predicted molar refractivity (Wildman–Crippen MR) is 131 cm³/mol. The van der Waals surface area contributed by atoms with Crippen LogP contribution in [0.2, 0.25) is 0 Å². The Morgan fingerprint density at radius 2 is 1.77 bits per heavy atom. The average molecular weight is 541 g/mol. The van der Waals surface area contributed by atoms with E-state index in [9.17, 15) is 5.26 Å². The van der Waals surface area contributed by atoms with Crippen LogP contribution in [0.3, 0.4) is 0 Å². The molecule has 2 aliphatic rings. The molecule has 0 saturated heterocycles. The van der Waals surface area contributed by atoms with Gasteiger partial charge in [-0.25, -0.2) is 0 Å². The van der Waals surface area contributed by atoms with E-state index in [2.05, 4.69) is 68.8 Å². The van der Waals surface area contributed by atoms with Crippen LogP contribution in [-0.4, -0.2) is 24.0 Å². The SMILES string of the molecule is CC(C)N1CC2=C(OC(N)=C(C#N)[C@@H]2c2ccccc2Br)/C(=C/c2ccccc2Br)C1. The van der Waals surface area contributed by atoms with Crippen molar-refractivity contribution in [2.75, 3.05) is 13.1 Å². The molecule has 2 aromatic carbocycles. The third-order valence-electron chi connectivity index (χ3n) is 5.75. The molecule has 31 heavy (non-hydrogen) atoms. The number of nitrogens with zero attached hydrogens (tertiary/aromatic N) is 2. The molecule has 2 aliphatic heterocycles. The van der Waals surface area contributed by atoms with E-state index >= 15 is 0 Å². The van der Waals surface area contributed by atoms with Crippen molar-refractivity contribution in [3.8, 4) is 6.07 Å². The molecular weight excluding hydrogens is 518 g/mol. The Bertz CT molecular complexity index is 1160. The summed E-state index contributed by atoms with van der Waals surface area (Å²) in [5.74, 6) is 0.705. The number of allylic oxidation sites excluding steroid dienone is 1. The normalized spacial score (nSPS) is 20.6. The van der Waals surface area contributed by atoms with Crippen molar-refractivity contribution in [3.63, 3.8) is 0 Å². The largest absolute Gasteiger partial charge is 0.440 e. The van der Waals surface area contributed by atoms with Gasteiger partial charge in [-0.15, -0.1) is 0 Å². The number of nitriles is 1. The van der Waals surface area contributed by atoms with E-state index in [0.717, 1.165) is 43.5 Å². The summed E-state index contributed by atoms with van der Waals surface area (Å²) in [4.78, 5) is 2.39. The summed E-state index contributed by atoms with van der Waals surface area (Å²) in [7, 11) is 0. The van der Waals surface area contributed by atoms with Gasteiger partial charge in [0.25, 0.3) is 0 Å². The third kappa shape index (κ3) is 4.23. The van der Waals surface area contributed by atoms with Gasteiger partial charge < -0.3 is 10.5 Å². The van der Waals surface area contributed by atoms with E-state index < -0.39 is 0 Å². The number of halogens is 2. The van der Waals surface area contributed by atoms with E-state index in [0.29, 0.717) is 18.2 Å². The molecule has 4 nitrogen and oxygen atoms in total. The third-order valence-corrected chi connectivity index (χ3v) is 7.19. The van der Waals surface area contributed by atoms with Crippen molar-refractivity contribution in [2.24, 2.45) is 5.73 Å². The van der Waals surface area contributed by atoms with Crippen molar-refractivity contribution in [1.82, 2.24) is 4.90 Å². The van der Waals surface area contributed by atoms with Crippen molar-refractivity contribution in [1.29, 1.82) is 5.26 Å². The first kappa shape index (κ1) is 21.9. The minimum atomic E-state index is -0.256. The molecule has 158 valence electrons. The molecule has 0 aromatic heterocycles. The molecule has 0 spiro atoms. The minimum Gasteiger partial charge on any atom is -0.440 e. The second-order valence-corrected chi connectivity index (χ2v) is 9.70. The lowest BCUT2D eigenvalue weighted by molar-refractivity contribution is 0.208. The maximum atomic E-state index is 9.95. The number of rotatable bonds is 3. The summed E-state index contributed by atoms with van der Waals surface area (Å²) in [5, 5.41) is 9.95. The summed E-state index contributed by atoms with van der Waals surface area (Å²) in [6.45, 7) is 5.84. The fourth-order valence-corrected chi connectivity index (χ4v) is 5.02. The Hall–Kier alpha value is -2.33. The zero-order valence-electron chi connectivity index (χ0n) is 17.4. The van der Waals surface area contributed by atoms with Gasteiger partial charge in [0.1, 0.15) is 17.4 Å². The van der Waals surface area contributed by atoms with Crippen molar-refractivity contribution in [2.45, 2.75) is 25.8 Å².